The quantitative estimate of drug-likeness (QED) is 0.471. The van der Waals surface area contributed by atoms with Gasteiger partial charge >= 0.3 is 0 Å². The fourth-order valence-corrected chi connectivity index (χ4v) is 4.30. The van der Waals surface area contributed by atoms with Crippen LogP contribution < -0.4 is 0 Å². The molecular formula is C24H24F2. The number of aryl methyl sites for hydroxylation is 1. The Morgan fingerprint density at radius 3 is 1.85 bits per heavy atom. The highest BCUT2D eigenvalue weighted by atomic mass is 19.2. The van der Waals surface area contributed by atoms with Crippen LogP contribution in [0, 0.1) is 11.6 Å². The lowest BCUT2D eigenvalue weighted by Crippen LogP contribution is -2.12. The van der Waals surface area contributed by atoms with E-state index in [1.807, 2.05) is 12.1 Å². The van der Waals surface area contributed by atoms with Gasteiger partial charge in [0.2, 0.25) is 0 Å². The number of rotatable bonds is 3. The molecule has 3 aromatic rings. The second-order valence-electron chi connectivity index (χ2n) is 7.52. The molecule has 0 heterocycles. The minimum atomic E-state index is -0.778. The molecule has 1 aliphatic rings. The van der Waals surface area contributed by atoms with Crippen molar-refractivity contribution in [2.24, 2.45) is 0 Å². The summed E-state index contributed by atoms with van der Waals surface area (Å²) in [4.78, 5) is 0. The second kappa shape index (κ2) is 7.19. The van der Waals surface area contributed by atoms with Crippen LogP contribution in [0.2, 0.25) is 0 Å². The van der Waals surface area contributed by atoms with Gasteiger partial charge in [-0.25, -0.2) is 8.78 Å². The fraction of sp³-hybridized carbons (Fsp3) is 0.333. The lowest BCUT2D eigenvalue weighted by Gasteiger charge is -2.29. The Morgan fingerprint density at radius 2 is 1.23 bits per heavy atom. The zero-order chi connectivity index (χ0) is 18.1. The molecule has 1 saturated carbocycles. The zero-order valence-corrected chi connectivity index (χ0v) is 15.1. The minimum Gasteiger partial charge on any atom is -0.204 e. The van der Waals surface area contributed by atoms with Gasteiger partial charge in [0.1, 0.15) is 0 Å². The number of hydrogen-bond acceptors (Lipinski definition) is 0. The van der Waals surface area contributed by atoms with E-state index >= 15 is 0 Å². The van der Waals surface area contributed by atoms with Gasteiger partial charge in [-0.05, 0) is 83.5 Å². The summed E-state index contributed by atoms with van der Waals surface area (Å²) in [5, 5.41) is 1.55. The van der Waals surface area contributed by atoms with E-state index in [4.69, 9.17) is 0 Å². The van der Waals surface area contributed by atoms with Gasteiger partial charge < -0.3 is 0 Å². The Hall–Kier alpha value is -2.22. The number of fused-ring (bicyclic) bond motifs is 1. The van der Waals surface area contributed by atoms with Crippen molar-refractivity contribution in [2.75, 3.05) is 0 Å². The lowest BCUT2D eigenvalue weighted by atomic mass is 9.76. The molecule has 0 nitrogen and oxygen atoms in total. The molecule has 0 amide bonds. The van der Waals surface area contributed by atoms with Crippen LogP contribution in [0.4, 0.5) is 8.78 Å². The molecule has 0 N–H and O–H groups in total. The summed E-state index contributed by atoms with van der Waals surface area (Å²) in [5.74, 6) is -0.392. The summed E-state index contributed by atoms with van der Waals surface area (Å²) in [6.07, 6.45) is 5.75. The predicted molar refractivity (Wildman–Crippen MR) is 104 cm³/mol. The molecule has 0 radical (unpaired) electrons. The maximum atomic E-state index is 13.5. The van der Waals surface area contributed by atoms with Gasteiger partial charge in [0.15, 0.2) is 11.6 Å². The van der Waals surface area contributed by atoms with Crippen LogP contribution in [-0.2, 0) is 6.42 Å². The summed E-state index contributed by atoms with van der Waals surface area (Å²) in [6.45, 7) is 2.18. The van der Waals surface area contributed by atoms with E-state index < -0.39 is 11.6 Å². The summed E-state index contributed by atoms with van der Waals surface area (Å²) >= 11 is 0. The van der Waals surface area contributed by atoms with Crippen molar-refractivity contribution >= 4 is 10.8 Å². The number of hydrogen-bond donors (Lipinski definition) is 0. The molecule has 0 aliphatic heterocycles. The van der Waals surface area contributed by atoms with Gasteiger partial charge in [0.25, 0.3) is 0 Å². The normalized spacial score (nSPS) is 20.4. The lowest BCUT2D eigenvalue weighted by molar-refractivity contribution is 0.396. The number of benzene rings is 3. The van der Waals surface area contributed by atoms with Crippen LogP contribution >= 0.6 is 0 Å². The molecular weight excluding hydrogens is 326 g/mol. The van der Waals surface area contributed by atoms with E-state index in [2.05, 4.69) is 37.3 Å². The van der Waals surface area contributed by atoms with Gasteiger partial charge in [0, 0.05) is 0 Å². The van der Waals surface area contributed by atoms with Gasteiger partial charge in [0.05, 0.1) is 0 Å². The topological polar surface area (TPSA) is 0 Å². The zero-order valence-electron chi connectivity index (χ0n) is 15.1. The highest BCUT2D eigenvalue weighted by Gasteiger charge is 2.23. The van der Waals surface area contributed by atoms with E-state index in [0.717, 1.165) is 30.0 Å². The largest absolute Gasteiger partial charge is 0.204 e. The Morgan fingerprint density at radius 1 is 0.692 bits per heavy atom. The molecule has 0 aromatic heterocycles. The van der Waals surface area contributed by atoms with E-state index in [9.17, 15) is 8.78 Å². The molecule has 1 aliphatic carbocycles. The fourth-order valence-electron chi connectivity index (χ4n) is 4.30. The van der Waals surface area contributed by atoms with Crippen molar-refractivity contribution in [3.63, 3.8) is 0 Å². The molecule has 2 heteroatoms. The standard InChI is InChI=1S/C24H24F2/c1-2-16-3-5-17(6-4-16)18-7-9-19(10-8-18)20-11-12-21-14-23(25)24(26)15-22(21)13-20/h3-6,11-15,18-19H,2,7-10H2,1H3. The Kier molecular flexibility index (Phi) is 4.76. The maximum Gasteiger partial charge on any atom is 0.159 e. The van der Waals surface area contributed by atoms with Crippen molar-refractivity contribution in [1.29, 1.82) is 0 Å². The van der Waals surface area contributed by atoms with Crippen LogP contribution in [0.25, 0.3) is 10.8 Å². The van der Waals surface area contributed by atoms with Crippen molar-refractivity contribution in [1.82, 2.24) is 0 Å². The van der Waals surface area contributed by atoms with Gasteiger partial charge in [-0.15, -0.1) is 0 Å². The maximum absolute atomic E-state index is 13.5. The molecule has 1 fully saturated rings. The van der Waals surface area contributed by atoms with Crippen LogP contribution in [0.15, 0.2) is 54.6 Å². The van der Waals surface area contributed by atoms with Crippen LogP contribution in [-0.4, -0.2) is 0 Å². The molecule has 0 saturated heterocycles. The van der Waals surface area contributed by atoms with Gasteiger partial charge in [-0.1, -0.05) is 49.4 Å². The van der Waals surface area contributed by atoms with Gasteiger partial charge in [-0.2, -0.15) is 0 Å². The Bertz CT molecular complexity index is 903. The van der Waals surface area contributed by atoms with Crippen molar-refractivity contribution < 1.29 is 8.78 Å². The third kappa shape index (κ3) is 3.38. The summed E-state index contributed by atoms with van der Waals surface area (Å²) in [7, 11) is 0. The van der Waals surface area contributed by atoms with Crippen LogP contribution in [0.1, 0.15) is 61.1 Å². The first-order chi connectivity index (χ1) is 12.6. The predicted octanol–water partition coefficient (Wildman–Crippen LogP) is 7.12. The average molecular weight is 350 g/mol. The van der Waals surface area contributed by atoms with Crippen LogP contribution in [0.3, 0.4) is 0 Å². The molecule has 26 heavy (non-hydrogen) atoms. The molecule has 3 aromatic carbocycles. The first-order valence-electron chi connectivity index (χ1n) is 9.61. The summed E-state index contributed by atoms with van der Waals surface area (Å²) in [5.41, 5.74) is 4.10. The Balaban J connectivity index is 1.48. The summed E-state index contributed by atoms with van der Waals surface area (Å²) < 4.78 is 26.9. The molecule has 0 spiro atoms. The molecule has 134 valence electrons. The number of halogens is 2. The highest BCUT2D eigenvalue weighted by Crippen LogP contribution is 2.41. The summed E-state index contributed by atoms with van der Waals surface area (Å²) in [6, 6.07) is 17.7. The van der Waals surface area contributed by atoms with E-state index in [-0.39, 0.29) is 0 Å². The first-order valence-corrected chi connectivity index (χ1v) is 9.61. The SMILES string of the molecule is CCc1ccc(C2CCC(c3ccc4cc(F)c(F)cc4c3)CC2)cc1. The third-order valence-corrected chi connectivity index (χ3v) is 5.96. The first kappa shape index (κ1) is 17.2. The van der Waals surface area contributed by atoms with E-state index in [1.165, 1.54) is 41.7 Å². The molecule has 0 atom stereocenters. The molecule has 0 unspecified atom stereocenters. The molecule has 4 rings (SSSR count). The van der Waals surface area contributed by atoms with E-state index in [1.54, 1.807) is 0 Å². The van der Waals surface area contributed by atoms with Crippen molar-refractivity contribution in [3.8, 4) is 0 Å². The monoisotopic (exact) mass is 350 g/mol. The van der Waals surface area contributed by atoms with E-state index in [0.29, 0.717) is 11.8 Å². The van der Waals surface area contributed by atoms with Gasteiger partial charge in [-0.3, -0.25) is 0 Å². The van der Waals surface area contributed by atoms with Crippen LogP contribution in [0.5, 0.6) is 0 Å². The third-order valence-electron chi connectivity index (χ3n) is 5.96. The molecule has 0 bridgehead atoms. The average Bonchev–Trinajstić information content (AvgIpc) is 2.69. The van der Waals surface area contributed by atoms with Crippen molar-refractivity contribution in [2.45, 2.75) is 50.9 Å². The highest BCUT2D eigenvalue weighted by molar-refractivity contribution is 5.83. The second-order valence-corrected chi connectivity index (χ2v) is 7.52. The van der Waals surface area contributed by atoms with Crippen molar-refractivity contribution in [3.05, 3.63) is 82.9 Å². The Labute approximate surface area is 153 Å². The smallest absolute Gasteiger partial charge is 0.159 e. The minimum absolute atomic E-state index is 0.513.